The number of carbonyl (C=O) groups excluding carboxylic acids is 1. The highest BCUT2D eigenvalue weighted by Gasteiger charge is 2.31. The van der Waals surface area contributed by atoms with Crippen LogP contribution in [-0.4, -0.2) is 48.1 Å². The molecule has 3 aliphatic rings. The molecule has 1 aromatic rings. The van der Waals surface area contributed by atoms with Gasteiger partial charge in [0, 0.05) is 24.8 Å². The highest BCUT2D eigenvalue weighted by atomic mass is 16.5. The Morgan fingerprint density at radius 3 is 2.96 bits per heavy atom. The van der Waals surface area contributed by atoms with Crippen LogP contribution in [-0.2, 0) is 9.47 Å². The van der Waals surface area contributed by atoms with Crippen LogP contribution in [0.15, 0.2) is 6.07 Å². The molecular formula is C17H25N3O3. The summed E-state index contributed by atoms with van der Waals surface area (Å²) in [5, 5.41) is 10.2. The van der Waals surface area contributed by atoms with Crippen LogP contribution in [0.5, 0.6) is 0 Å². The Kier molecular flexibility index (Phi) is 4.35. The summed E-state index contributed by atoms with van der Waals surface area (Å²) in [4.78, 5) is 12.4. The molecule has 0 radical (unpaired) electrons. The molecule has 0 spiro atoms. The average molecular weight is 319 g/mol. The van der Waals surface area contributed by atoms with E-state index in [1.165, 1.54) is 32.1 Å². The van der Waals surface area contributed by atoms with Gasteiger partial charge in [-0.15, -0.1) is 0 Å². The number of nitrogens with zero attached hydrogens (tertiary/aromatic N) is 1. The third-order valence-electron chi connectivity index (χ3n) is 5.23. The quantitative estimate of drug-likeness (QED) is 0.841. The van der Waals surface area contributed by atoms with Crippen molar-refractivity contribution in [3.63, 3.8) is 0 Å². The molecule has 23 heavy (non-hydrogen) atoms. The standard InChI is InChI=1S/C17H25N3O3/c21-17(14-8-13(19-20-14)12-4-5-12)18-15-10-22-7-6-16(15)23-9-11-2-1-3-11/h8,11-12,15-16H,1-7,9-10H2,(H,18,21)(H,19,20)/t15-,16+/m1/s1. The van der Waals surface area contributed by atoms with E-state index < -0.39 is 0 Å². The smallest absolute Gasteiger partial charge is 0.272 e. The molecule has 2 aliphatic carbocycles. The molecular weight excluding hydrogens is 294 g/mol. The fourth-order valence-corrected chi connectivity index (χ4v) is 3.27. The number of ether oxygens (including phenoxy) is 2. The van der Waals surface area contributed by atoms with Crippen molar-refractivity contribution in [2.24, 2.45) is 5.92 Å². The van der Waals surface area contributed by atoms with E-state index in [2.05, 4.69) is 15.5 Å². The van der Waals surface area contributed by atoms with Crippen LogP contribution in [0.1, 0.15) is 60.6 Å². The Morgan fingerprint density at radius 2 is 2.22 bits per heavy atom. The largest absolute Gasteiger partial charge is 0.379 e. The van der Waals surface area contributed by atoms with Crippen LogP contribution in [0.3, 0.4) is 0 Å². The van der Waals surface area contributed by atoms with Gasteiger partial charge >= 0.3 is 0 Å². The SMILES string of the molecule is O=C(N[C@@H]1COCC[C@@H]1OCC1CCC1)c1cc(C2CC2)[nH]n1. The second kappa shape index (κ2) is 6.61. The molecule has 0 aromatic carbocycles. The van der Waals surface area contributed by atoms with Gasteiger partial charge in [0.2, 0.25) is 0 Å². The average Bonchev–Trinajstić information content (AvgIpc) is 3.24. The molecule has 2 N–H and O–H groups in total. The first-order chi connectivity index (χ1) is 11.3. The highest BCUT2D eigenvalue weighted by molar-refractivity contribution is 5.92. The van der Waals surface area contributed by atoms with Crippen LogP contribution in [0.25, 0.3) is 0 Å². The van der Waals surface area contributed by atoms with Gasteiger partial charge in [-0.25, -0.2) is 0 Å². The summed E-state index contributed by atoms with van der Waals surface area (Å²) in [6, 6.07) is 1.79. The topological polar surface area (TPSA) is 76.2 Å². The first kappa shape index (κ1) is 15.1. The summed E-state index contributed by atoms with van der Waals surface area (Å²) in [5.74, 6) is 1.14. The lowest BCUT2D eigenvalue weighted by molar-refractivity contribution is -0.0697. The maximum Gasteiger partial charge on any atom is 0.272 e. The number of nitrogens with one attached hydrogen (secondary N) is 2. The van der Waals surface area contributed by atoms with Crippen molar-refractivity contribution in [3.8, 4) is 0 Å². The minimum absolute atomic E-state index is 0.0511. The summed E-state index contributed by atoms with van der Waals surface area (Å²) in [5.41, 5.74) is 1.54. The van der Waals surface area contributed by atoms with Crippen LogP contribution in [0.4, 0.5) is 0 Å². The molecule has 1 aliphatic heterocycles. The molecule has 126 valence electrons. The summed E-state index contributed by atoms with van der Waals surface area (Å²) in [6.07, 6.45) is 7.15. The van der Waals surface area contributed by atoms with E-state index in [1.54, 1.807) is 0 Å². The Bertz CT molecular complexity index is 551. The monoisotopic (exact) mass is 319 g/mol. The van der Waals surface area contributed by atoms with Gasteiger partial charge in [-0.1, -0.05) is 6.42 Å². The highest BCUT2D eigenvalue weighted by Crippen LogP contribution is 2.39. The van der Waals surface area contributed by atoms with E-state index in [4.69, 9.17) is 9.47 Å². The molecule has 1 aromatic heterocycles. The van der Waals surface area contributed by atoms with Crippen molar-refractivity contribution >= 4 is 5.91 Å². The van der Waals surface area contributed by atoms with Crippen molar-refractivity contribution in [2.45, 2.75) is 56.6 Å². The number of H-pyrrole nitrogens is 1. The number of hydrogen-bond acceptors (Lipinski definition) is 4. The van der Waals surface area contributed by atoms with Crippen molar-refractivity contribution in [3.05, 3.63) is 17.5 Å². The van der Waals surface area contributed by atoms with Gasteiger partial charge in [0.25, 0.3) is 5.91 Å². The molecule has 6 nitrogen and oxygen atoms in total. The van der Waals surface area contributed by atoms with Crippen LogP contribution >= 0.6 is 0 Å². The lowest BCUT2D eigenvalue weighted by Crippen LogP contribution is -2.51. The molecule has 0 unspecified atom stereocenters. The Balaban J connectivity index is 1.33. The van der Waals surface area contributed by atoms with Crippen molar-refractivity contribution in [1.29, 1.82) is 0 Å². The molecule has 4 rings (SSSR count). The van der Waals surface area contributed by atoms with Gasteiger partial charge in [0.1, 0.15) is 5.69 Å². The van der Waals surface area contributed by atoms with Gasteiger partial charge < -0.3 is 14.8 Å². The number of amides is 1. The van der Waals surface area contributed by atoms with Gasteiger partial charge in [0.15, 0.2) is 0 Å². The fraction of sp³-hybridized carbons (Fsp3) is 0.765. The van der Waals surface area contributed by atoms with Crippen molar-refractivity contribution in [2.75, 3.05) is 19.8 Å². The Hall–Kier alpha value is -1.40. The predicted octanol–water partition coefficient (Wildman–Crippen LogP) is 1.99. The molecule has 2 saturated carbocycles. The third kappa shape index (κ3) is 3.58. The van der Waals surface area contributed by atoms with Crippen molar-refractivity contribution < 1.29 is 14.3 Å². The number of carbonyl (C=O) groups is 1. The molecule has 2 heterocycles. The second-order valence-corrected chi connectivity index (χ2v) is 7.10. The van der Waals surface area contributed by atoms with E-state index in [0.717, 1.165) is 18.7 Å². The molecule has 2 atom stereocenters. The first-order valence-electron chi connectivity index (χ1n) is 8.85. The molecule has 1 amide bonds. The lowest BCUT2D eigenvalue weighted by atomic mass is 9.86. The number of aromatic nitrogens is 2. The number of hydrogen-bond donors (Lipinski definition) is 2. The normalized spacial score (nSPS) is 28.3. The summed E-state index contributed by atoms with van der Waals surface area (Å²) in [6.45, 7) is 2.03. The number of rotatable bonds is 6. The van der Waals surface area contributed by atoms with Gasteiger partial charge in [-0.2, -0.15) is 5.10 Å². The second-order valence-electron chi connectivity index (χ2n) is 7.10. The minimum atomic E-state index is -0.138. The number of aromatic amines is 1. The van der Waals surface area contributed by atoms with Crippen LogP contribution < -0.4 is 5.32 Å². The summed E-state index contributed by atoms with van der Waals surface area (Å²) in [7, 11) is 0. The predicted molar refractivity (Wildman–Crippen MR) is 84.3 cm³/mol. The van der Waals surface area contributed by atoms with Crippen molar-refractivity contribution in [1.82, 2.24) is 15.5 Å². The summed E-state index contributed by atoms with van der Waals surface area (Å²) < 4.78 is 11.6. The van der Waals surface area contributed by atoms with Gasteiger partial charge in [-0.3, -0.25) is 9.89 Å². The van der Waals surface area contributed by atoms with E-state index in [0.29, 0.717) is 30.7 Å². The van der Waals surface area contributed by atoms with E-state index in [1.807, 2.05) is 6.07 Å². The molecule has 1 saturated heterocycles. The maximum atomic E-state index is 12.4. The zero-order valence-electron chi connectivity index (χ0n) is 13.4. The lowest BCUT2D eigenvalue weighted by Gasteiger charge is -2.34. The molecule has 6 heteroatoms. The van der Waals surface area contributed by atoms with E-state index in [9.17, 15) is 4.79 Å². The zero-order chi connectivity index (χ0) is 15.6. The van der Waals surface area contributed by atoms with E-state index in [-0.39, 0.29) is 18.1 Å². The minimum Gasteiger partial charge on any atom is -0.379 e. The maximum absolute atomic E-state index is 12.4. The van der Waals surface area contributed by atoms with Crippen LogP contribution in [0.2, 0.25) is 0 Å². The third-order valence-corrected chi connectivity index (χ3v) is 5.23. The van der Waals surface area contributed by atoms with Gasteiger partial charge in [-0.05, 0) is 44.1 Å². The van der Waals surface area contributed by atoms with Crippen LogP contribution in [0, 0.1) is 5.92 Å². The molecule has 0 bridgehead atoms. The zero-order valence-corrected chi connectivity index (χ0v) is 13.4. The molecule has 3 fully saturated rings. The Labute approximate surface area is 136 Å². The van der Waals surface area contributed by atoms with Gasteiger partial charge in [0.05, 0.1) is 18.8 Å². The van der Waals surface area contributed by atoms with E-state index >= 15 is 0 Å². The first-order valence-corrected chi connectivity index (χ1v) is 8.85. The summed E-state index contributed by atoms with van der Waals surface area (Å²) >= 11 is 0. The Morgan fingerprint density at radius 1 is 1.35 bits per heavy atom. The fourth-order valence-electron chi connectivity index (χ4n) is 3.27.